The van der Waals surface area contributed by atoms with E-state index in [9.17, 15) is 0 Å². The second-order valence-electron chi connectivity index (χ2n) is 4.68. The fraction of sp³-hybridized carbons (Fsp3) is 1.00. The van der Waals surface area contributed by atoms with Gasteiger partial charge in [-0.2, -0.15) is 0 Å². The lowest BCUT2D eigenvalue weighted by Crippen LogP contribution is -2.50. The third-order valence-electron chi connectivity index (χ3n) is 3.51. The summed E-state index contributed by atoms with van der Waals surface area (Å²) in [6.07, 6.45) is 2.34. The van der Waals surface area contributed by atoms with Gasteiger partial charge in [0.1, 0.15) is 0 Å². The molecule has 1 unspecified atom stereocenters. The van der Waals surface area contributed by atoms with Crippen LogP contribution in [0.15, 0.2) is 0 Å². The molecule has 1 atom stereocenters. The van der Waals surface area contributed by atoms with E-state index in [0.717, 1.165) is 32.2 Å². The van der Waals surface area contributed by atoms with E-state index in [2.05, 4.69) is 25.7 Å². The summed E-state index contributed by atoms with van der Waals surface area (Å²) < 4.78 is 5.41. The standard InChI is InChI=1S/C12H26N2O/c1-4-14(10(2)3)12(9-13)11-5-7-15-8-6-11/h10-12H,4-9,13H2,1-3H3. The number of hydrogen-bond acceptors (Lipinski definition) is 3. The molecule has 1 fully saturated rings. The van der Waals surface area contributed by atoms with Crippen LogP contribution in [0.1, 0.15) is 33.6 Å². The molecule has 0 aromatic carbocycles. The predicted octanol–water partition coefficient (Wildman–Crippen LogP) is 1.47. The summed E-state index contributed by atoms with van der Waals surface area (Å²) in [7, 11) is 0. The number of hydrogen-bond donors (Lipinski definition) is 1. The third kappa shape index (κ3) is 3.44. The fourth-order valence-electron chi connectivity index (χ4n) is 2.68. The molecule has 0 spiro atoms. The van der Waals surface area contributed by atoms with Gasteiger partial charge in [0, 0.05) is 31.8 Å². The quantitative estimate of drug-likeness (QED) is 0.753. The van der Waals surface area contributed by atoms with E-state index in [4.69, 9.17) is 10.5 Å². The molecular weight excluding hydrogens is 188 g/mol. The minimum Gasteiger partial charge on any atom is -0.381 e. The zero-order valence-corrected chi connectivity index (χ0v) is 10.4. The zero-order chi connectivity index (χ0) is 11.3. The Bertz CT molecular complexity index is 167. The molecule has 1 aliphatic heterocycles. The summed E-state index contributed by atoms with van der Waals surface area (Å²) in [5.41, 5.74) is 5.94. The number of nitrogens with two attached hydrogens (primary N) is 1. The number of nitrogens with zero attached hydrogens (tertiary/aromatic N) is 1. The van der Waals surface area contributed by atoms with E-state index in [-0.39, 0.29) is 0 Å². The molecule has 1 aliphatic rings. The second kappa shape index (κ2) is 6.46. The van der Waals surface area contributed by atoms with Gasteiger partial charge in [-0.1, -0.05) is 6.92 Å². The van der Waals surface area contributed by atoms with E-state index in [1.54, 1.807) is 0 Å². The maximum atomic E-state index is 5.94. The van der Waals surface area contributed by atoms with E-state index >= 15 is 0 Å². The molecule has 1 saturated heterocycles. The molecule has 0 aromatic heterocycles. The molecule has 0 amide bonds. The molecule has 1 heterocycles. The molecular formula is C12H26N2O. The van der Waals surface area contributed by atoms with Crippen LogP contribution in [0.25, 0.3) is 0 Å². The van der Waals surface area contributed by atoms with Crippen molar-refractivity contribution in [2.24, 2.45) is 11.7 Å². The van der Waals surface area contributed by atoms with Crippen molar-refractivity contribution in [1.29, 1.82) is 0 Å². The van der Waals surface area contributed by atoms with Gasteiger partial charge in [0.2, 0.25) is 0 Å². The van der Waals surface area contributed by atoms with E-state index in [1.807, 2.05) is 0 Å². The average Bonchev–Trinajstić information content (AvgIpc) is 2.26. The van der Waals surface area contributed by atoms with Crippen LogP contribution in [-0.4, -0.2) is 43.3 Å². The second-order valence-corrected chi connectivity index (χ2v) is 4.68. The molecule has 0 radical (unpaired) electrons. The van der Waals surface area contributed by atoms with Gasteiger partial charge in [-0.25, -0.2) is 0 Å². The van der Waals surface area contributed by atoms with Crippen molar-refractivity contribution in [2.45, 2.75) is 45.7 Å². The smallest absolute Gasteiger partial charge is 0.0469 e. The number of likely N-dealkylation sites (N-methyl/N-ethyl adjacent to an activating group) is 1. The van der Waals surface area contributed by atoms with Crippen molar-refractivity contribution in [3.8, 4) is 0 Å². The molecule has 15 heavy (non-hydrogen) atoms. The summed E-state index contributed by atoms with van der Waals surface area (Å²) in [5.74, 6) is 0.728. The molecule has 2 N–H and O–H groups in total. The van der Waals surface area contributed by atoms with Gasteiger partial charge in [-0.15, -0.1) is 0 Å². The van der Waals surface area contributed by atoms with Crippen LogP contribution in [-0.2, 0) is 4.74 Å². The Kier molecular flexibility index (Phi) is 5.58. The molecule has 0 aliphatic carbocycles. The molecule has 0 bridgehead atoms. The first-order valence-electron chi connectivity index (χ1n) is 6.24. The normalized spacial score (nSPS) is 21.2. The first kappa shape index (κ1) is 12.9. The highest BCUT2D eigenvalue weighted by Crippen LogP contribution is 2.23. The Hall–Kier alpha value is -0.120. The van der Waals surface area contributed by atoms with Gasteiger partial charge in [0.05, 0.1) is 0 Å². The maximum Gasteiger partial charge on any atom is 0.0469 e. The summed E-state index contributed by atoms with van der Waals surface area (Å²) in [6.45, 7) is 10.4. The van der Waals surface area contributed by atoms with Crippen LogP contribution in [0.3, 0.4) is 0 Å². The van der Waals surface area contributed by atoms with Gasteiger partial charge in [-0.3, -0.25) is 4.90 Å². The van der Waals surface area contributed by atoms with Crippen molar-refractivity contribution in [2.75, 3.05) is 26.3 Å². The highest BCUT2D eigenvalue weighted by molar-refractivity contribution is 4.83. The number of ether oxygens (including phenoxy) is 1. The Morgan fingerprint density at radius 3 is 2.33 bits per heavy atom. The summed E-state index contributed by atoms with van der Waals surface area (Å²) in [6, 6.07) is 1.13. The van der Waals surface area contributed by atoms with Gasteiger partial charge in [0.25, 0.3) is 0 Å². The summed E-state index contributed by atoms with van der Waals surface area (Å²) in [4.78, 5) is 2.52. The minimum absolute atomic E-state index is 0.541. The molecule has 0 saturated carbocycles. The largest absolute Gasteiger partial charge is 0.381 e. The zero-order valence-electron chi connectivity index (χ0n) is 10.4. The Balaban J connectivity index is 2.58. The predicted molar refractivity (Wildman–Crippen MR) is 63.9 cm³/mol. The Morgan fingerprint density at radius 2 is 1.93 bits per heavy atom. The van der Waals surface area contributed by atoms with Gasteiger partial charge >= 0.3 is 0 Å². The van der Waals surface area contributed by atoms with Crippen LogP contribution in [0.5, 0.6) is 0 Å². The summed E-state index contributed by atoms with van der Waals surface area (Å²) >= 11 is 0. The first-order chi connectivity index (χ1) is 7.20. The Labute approximate surface area is 94.0 Å². The van der Waals surface area contributed by atoms with Crippen molar-refractivity contribution in [1.82, 2.24) is 4.90 Å². The first-order valence-corrected chi connectivity index (χ1v) is 6.24. The van der Waals surface area contributed by atoms with E-state index < -0.39 is 0 Å². The number of rotatable bonds is 5. The van der Waals surface area contributed by atoms with Crippen molar-refractivity contribution >= 4 is 0 Å². The topological polar surface area (TPSA) is 38.5 Å². The molecule has 0 aromatic rings. The lowest BCUT2D eigenvalue weighted by atomic mass is 9.90. The van der Waals surface area contributed by atoms with Gasteiger partial charge in [-0.05, 0) is 39.2 Å². The monoisotopic (exact) mass is 214 g/mol. The minimum atomic E-state index is 0.541. The molecule has 3 heteroatoms. The average molecular weight is 214 g/mol. The van der Waals surface area contributed by atoms with Crippen molar-refractivity contribution < 1.29 is 4.74 Å². The third-order valence-corrected chi connectivity index (χ3v) is 3.51. The highest BCUT2D eigenvalue weighted by atomic mass is 16.5. The van der Waals surface area contributed by atoms with E-state index in [1.165, 1.54) is 12.8 Å². The maximum absolute atomic E-state index is 5.94. The van der Waals surface area contributed by atoms with Crippen LogP contribution in [0.2, 0.25) is 0 Å². The van der Waals surface area contributed by atoms with Crippen LogP contribution < -0.4 is 5.73 Å². The lowest BCUT2D eigenvalue weighted by Gasteiger charge is -2.39. The fourth-order valence-corrected chi connectivity index (χ4v) is 2.68. The van der Waals surface area contributed by atoms with Crippen molar-refractivity contribution in [3.63, 3.8) is 0 Å². The molecule has 90 valence electrons. The highest BCUT2D eigenvalue weighted by Gasteiger charge is 2.28. The van der Waals surface area contributed by atoms with E-state index in [0.29, 0.717) is 12.1 Å². The van der Waals surface area contributed by atoms with Crippen LogP contribution >= 0.6 is 0 Å². The van der Waals surface area contributed by atoms with Crippen LogP contribution in [0, 0.1) is 5.92 Å². The Morgan fingerprint density at radius 1 is 1.33 bits per heavy atom. The van der Waals surface area contributed by atoms with Gasteiger partial charge in [0.15, 0.2) is 0 Å². The van der Waals surface area contributed by atoms with Gasteiger partial charge < -0.3 is 10.5 Å². The molecule has 3 nitrogen and oxygen atoms in total. The SMILES string of the molecule is CCN(C(C)C)C(CN)C1CCOCC1. The lowest BCUT2D eigenvalue weighted by molar-refractivity contribution is 0.0206. The molecule has 1 rings (SSSR count). The van der Waals surface area contributed by atoms with Crippen LogP contribution in [0.4, 0.5) is 0 Å². The summed E-state index contributed by atoms with van der Waals surface area (Å²) in [5, 5.41) is 0. The van der Waals surface area contributed by atoms with Crippen molar-refractivity contribution in [3.05, 3.63) is 0 Å².